The monoisotopic (exact) mass is 208 g/mol. The van der Waals surface area contributed by atoms with Gasteiger partial charge in [0, 0.05) is 13.5 Å². The average molecular weight is 208 g/mol. The van der Waals surface area contributed by atoms with Crippen molar-refractivity contribution in [2.45, 2.75) is 6.42 Å². The smallest absolute Gasteiger partial charge is 0.0962 e. The lowest BCUT2D eigenvalue weighted by Crippen LogP contribution is -1.92. The number of hydrogen-bond acceptors (Lipinski definition) is 4. The van der Waals surface area contributed by atoms with Crippen LogP contribution in [0.1, 0.15) is 5.01 Å². The van der Waals surface area contributed by atoms with Crippen LogP contribution < -0.4 is 5.73 Å². The lowest BCUT2D eigenvalue weighted by Gasteiger charge is -1.92. The van der Waals surface area contributed by atoms with Gasteiger partial charge in [0.15, 0.2) is 0 Å². The van der Waals surface area contributed by atoms with Gasteiger partial charge in [-0.25, -0.2) is 4.98 Å². The van der Waals surface area contributed by atoms with E-state index in [0.29, 0.717) is 6.61 Å². The Labute approximate surface area is 86.5 Å². The number of nitrogens with zero attached hydrogens (tertiary/aromatic N) is 1. The van der Waals surface area contributed by atoms with Crippen LogP contribution >= 0.6 is 11.3 Å². The normalized spacial score (nSPS) is 10.9. The van der Waals surface area contributed by atoms with Gasteiger partial charge in [-0.3, -0.25) is 0 Å². The highest BCUT2D eigenvalue weighted by atomic mass is 32.1. The second kappa shape index (κ2) is 3.94. The SMILES string of the molecule is COCCc1nc2cccc(N)c2s1. The molecule has 0 radical (unpaired) electrons. The standard InChI is InChI=1S/C10H12N2OS/c1-13-6-5-9-12-8-4-2-3-7(11)10(8)14-9/h2-4H,5-6,11H2,1H3. The predicted molar refractivity (Wildman–Crippen MR) is 59.6 cm³/mol. The first-order valence-corrected chi connectivity index (χ1v) is 5.26. The summed E-state index contributed by atoms with van der Waals surface area (Å²) in [4.78, 5) is 4.47. The molecule has 0 spiro atoms. The van der Waals surface area contributed by atoms with E-state index < -0.39 is 0 Å². The molecular formula is C10H12N2OS. The molecule has 0 bridgehead atoms. The first-order chi connectivity index (χ1) is 6.81. The first-order valence-electron chi connectivity index (χ1n) is 4.44. The van der Waals surface area contributed by atoms with Gasteiger partial charge in [-0.2, -0.15) is 0 Å². The van der Waals surface area contributed by atoms with Crippen LogP contribution in [0.4, 0.5) is 5.69 Å². The molecule has 0 amide bonds. The topological polar surface area (TPSA) is 48.1 Å². The van der Waals surface area contributed by atoms with Crippen molar-refractivity contribution in [3.63, 3.8) is 0 Å². The fourth-order valence-corrected chi connectivity index (χ4v) is 2.28. The highest BCUT2D eigenvalue weighted by molar-refractivity contribution is 7.19. The third-order valence-corrected chi connectivity index (χ3v) is 3.19. The molecule has 4 heteroatoms. The van der Waals surface area contributed by atoms with Gasteiger partial charge < -0.3 is 10.5 Å². The summed E-state index contributed by atoms with van der Waals surface area (Å²) < 4.78 is 6.09. The zero-order chi connectivity index (χ0) is 9.97. The minimum atomic E-state index is 0.708. The van der Waals surface area contributed by atoms with E-state index in [4.69, 9.17) is 10.5 Å². The Morgan fingerprint density at radius 3 is 3.07 bits per heavy atom. The van der Waals surface area contributed by atoms with Crippen molar-refractivity contribution < 1.29 is 4.74 Å². The molecule has 1 aromatic heterocycles. The molecule has 0 aliphatic heterocycles. The Hall–Kier alpha value is -1.13. The van der Waals surface area contributed by atoms with Crippen LogP contribution in [0.25, 0.3) is 10.2 Å². The minimum absolute atomic E-state index is 0.708. The molecule has 0 atom stereocenters. The van der Waals surface area contributed by atoms with Gasteiger partial charge in [-0.05, 0) is 12.1 Å². The minimum Gasteiger partial charge on any atom is -0.398 e. The van der Waals surface area contributed by atoms with E-state index in [1.807, 2.05) is 18.2 Å². The molecule has 74 valence electrons. The molecule has 0 unspecified atom stereocenters. The molecule has 14 heavy (non-hydrogen) atoms. The van der Waals surface area contributed by atoms with Gasteiger partial charge >= 0.3 is 0 Å². The summed E-state index contributed by atoms with van der Waals surface area (Å²) in [5.41, 5.74) is 7.63. The summed E-state index contributed by atoms with van der Waals surface area (Å²) in [6.07, 6.45) is 0.856. The van der Waals surface area contributed by atoms with Gasteiger partial charge in [0.1, 0.15) is 0 Å². The van der Waals surface area contributed by atoms with E-state index in [-0.39, 0.29) is 0 Å². The number of benzene rings is 1. The van der Waals surface area contributed by atoms with Gasteiger partial charge in [0.05, 0.1) is 27.5 Å². The van der Waals surface area contributed by atoms with E-state index in [9.17, 15) is 0 Å². The summed E-state index contributed by atoms with van der Waals surface area (Å²) in [6, 6.07) is 5.82. The Kier molecular flexibility index (Phi) is 2.65. The second-order valence-electron chi connectivity index (χ2n) is 3.05. The number of nitrogens with two attached hydrogens (primary N) is 1. The van der Waals surface area contributed by atoms with Crippen LogP contribution in [0.15, 0.2) is 18.2 Å². The van der Waals surface area contributed by atoms with Gasteiger partial charge in [0.25, 0.3) is 0 Å². The first kappa shape index (κ1) is 9.43. The van der Waals surface area contributed by atoms with Crippen molar-refractivity contribution >= 4 is 27.2 Å². The Morgan fingerprint density at radius 1 is 1.50 bits per heavy atom. The van der Waals surface area contributed by atoms with Crippen LogP contribution in [-0.2, 0) is 11.2 Å². The molecule has 2 N–H and O–H groups in total. The molecule has 0 saturated heterocycles. The third kappa shape index (κ3) is 1.71. The molecule has 3 nitrogen and oxygen atoms in total. The Balaban J connectivity index is 2.36. The van der Waals surface area contributed by atoms with Crippen molar-refractivity contribution in [1.29, 1.82) is 0 Å². The van der Waals surface area contributed by atoms with E-state index in [0.717, 1.165) is 27.3 Å². The maximum absolute atomic E-state index is 5.84. The fraction of sp³-hybridized carbons (Fsp3) is 0.300. The summed E-state index contributed by atoms with van der Waals surface area (Å²) >= 11 is 1.65. The molecule has 1 aromatic carbocycles. The second-order valence-corrected chi connectivity index (χ2v) is 4.13. The maximum atomic E-state index is 5.84. The average Bonchev–Trinajstić information content (AvgIpc) is 2.59. The van der Waals surface area contributed by atoms with Gasteiger partial charge in [0.2, 0.25) is 0 Å². The van der Waals surface area contributed by atoms with E-state index >= 15 is 0 Å². The van der Waals surface area contributed by atoms with Gasteiger partial charge in [-0.15, -0.1) is 11.3 Å². The fourth-order valence-electron chi connectivity index (χ4n) is 1.31. The van der Waals surface area contributed by atoms with Crippen LogP contribution in [0.5, 0.6) is 0 Å². The van der Waals surface area contributed by atoms with Crippen LogP contribution in [0.3, 0.4) is 0 Å². The number of ether oxygens (including phenoxy) is 1. The molecular weight excluding hydrogens is 196 g/mol. The number of hydrogen-bond donors (Lipinski definition) is 1. The van der Waals surface area contributed by atoms with Gasteiger partial charge in [-0.1, -0.05) is 6.07 Å². The summed E-state index contributed by atoms with van der Waals surface area (Å²) in [5.74, 6) is 0. The zero-order valence-electron chi connectivity index (χ0n) is 7.99. The maximum Gasteiger partial charge on any atom is 0.0962 e. The molecule has 0 aliphatic rings. The van der Waals surface area contributed by atoms with E-state index in [2.05, 4.69) is 4.98 Å². The van der Waals surface area contributed by atoms with Crippen LogP contribution in [0, 0.1) is 0 Å². The lowest BCUT2D eigenvalue weighted by atomic mass is 10.3. The molecule has 2 rings (SSSR count). The summed E-state index contributed by atoms with van der Waals surface area (Å²) in [6.45, 7) is 0.708. The highest BCUT2D eigenvalue weighted by Crippen LogP contribution is 2.27. The van der Waals surface area contributed by atoms with Crippen molar-refractivity contribution in [3.05, 3.63) is 23.2 Å². The van der Waals surface area contributed by atoms with Crippen molar-refractivity contribution in [3.8, 4) is 0 Å². The number of nitrogen functional groups attached to an aromatic ring is 1. The molecule has 0 fully saturated rings. The Morgan fingerprint density at radius 2 is 2.36 bits per heavy atom. The highest BCUT2D eigenvalue weighted by Gasteiger charge is 2.05. The molecule has 2 aromatic rings. The quantitative estimate of drug-likeness (QED) is 0.785. The molecule has 1 heterocycles. The number of anilines is 1. The van der Waals surface area contributed by atoms with E-state index in [1.54, 1.807) is 18.4 Å². The summed E-state index contributed by atoms with van der Waals surface area (Å²) in [5, 5.41) is 1.08. The third-order valence-electron chi connectivity index (χ3n) is 2.01. The van der Waals surface area contributed by atoms with Crippen molar-refractivity contribution in [2.24, 2.45) is 0 Å². The van der Waals surface area contributed by atoms with Crippen molar-refractivity contribution in [2.75, 3.05) is 19.5 Å². The van der Waals surface area contributed by atoms with Crippen LogP contribution in [0.2, 0.25) is 0 Å². The van der Waals surface area contributed by atoms with Crippen LogP contribution in [-0.4, -0.2) is 18.7 Å². The lowest BCUT2D eigenvalue weighted by molar-refractivity contribution is 0.202. The summed E-state index contributed by atoms with van der Waals surface area (Å²) in [7, 11) is 1.70. The largest absolute Gasteiger partial charge is 0.398 e. The zero-order valence-corrected chi connectivity index (χ0v) is 8.80. The molecule has 0 saturated carbocycles. The molecule has 0 aliphatic carbocycles. The number of rotatable bonds is 3. The number of thiazole rings is 1. The number of aromatic nitrogens is 1. The van der Waals surface area contributed by atoms with Crippen molar-refractivity contribution in [1.82, 2.24) is 4.98 Å². The Bertz CT molecular complexity index is 439. The predicted octanol–water partition coefficient (Wildman–Crippen LogP) is 2.07. The number of fused-ring (bicyclic) bond motifs is 1. The van der Waals surface area contributed by atoms with E-state index in [1.165, 1.54) is 0 Å². The number of methoxy groups -OCH3 is 1.